The summed E-state index contributed by atoms with van der Waals surface area (Å²) in [5, 5.41) is 13.4. The van der Waals surface area contributed by atoms with Gasteiger partial charge in [-0.15, -0.1) is 0 Å². The number of benzene rings is 3. The van der Waals surface area contributed by atoms with Gasteiger partial charge in [0.05, 0.1) is 17.0 Å². The third-order valence-electron chi connectivity index (χ3n) is 5.28. The topological polar surface area (TPSA) is 71.5 Å². The van der Waals surface area contributed by atoms with Gasteiger partial charge < -0.3 is 15.2 Å². The normalized spacial score (nSPS) is 11.8. The molecule has 33 heavy (non-hydrogen) atoms. The molecule has 4 aromatic rings. The van der Waals surface area contributed by atoms with E-state index in [-0.39, 0.29) is 18.4 Å². The molecule has 0 fully saturated rings. The summed E-state index contributed by atoms with van der Waals surface area (Å²) in [6, 6.07) is 27.5. The molecule has 1 heterocycles. The van der Waals surface area contributed by atoms with Gasteiger partial charge in [-0.2, -0.15) is 0 Å². The van der Waals surface area contributed by atoms with Crippen LogP contribution in [0.1, 0.15) is 20.3 Å². The van der Waals surface area contributed by atoms with Crippen molar-refractivity contribution < 1.29 is 14.6 Å². The summed E-state index contributed by atoms with van der Waals surface area (Å²) < 4.78 is 5.92. The first-order valence-corrected chi connectivity index (χ1v) is 11.7. The van der Waals surface area contributed by atoms with Crippen molar-refractivity contribution in [1.29, 1.82) is 0 Å². The van der Waals surface area contributed by atoms with Crippen LogP contribution < -0.4 is 10.1 Å². The van der Waals surface area contributed by atoms with Crippen LogP contribution in [0.3, 0.4) is 0 Å². The first kappa shape index (κ1) is 22.6. The Morgan fingerprint density at radius 2 is 1.52 bits per heavy atom. The third-order valence-corrected chi connectivity index (χ3v) is 6.31. The Morgan fingerprint density at radius 3 is 2.12 bits per heavy atom. The van der Waals surface area contributed by atoms with Gasteiger partial charge in [-0.25, -0.2) is 4.98 Å². The highest BCUT2D eigenvalue weighted by atomic mass is 32.1. The fourth-order valence-corrected chi connectivity index (χ4v) is 4.52. The molecule has 1 unspecified atom stereocenters. The lowest BCUT2D eigenvalue weighted by atomic mass is 10.0. The van der Waals surface area contributed by atoms with Gasteiger partial charge in [-0.3, -0.25) is 4.79 Å². The maximum absolute atomic E-state index is 11.3. The predicted octanol–water partition coefficient (Wildman–Crippen LogP) is 7.18. The zero-order chi connectivity index (χ0) is 23.2. The molecule has 0 aliphatic carbocycles. The van der Waals surface area contributed by atoms with Gasteiger partial charge in [0.15, 0.2) is 5.13 Å². The molecule has 0 saturated heterocycles. The number of ether oxygens (including phenoxy) is 1. The number of anilines is 1. The molecule has 4 rings (SSSR count). The van der Waals surface area contributed by atoms with Crippen molar-refractivity contribution >= 4 is 22.4 Å². The SMILES string of the molecule is CC(C)C(CC(=O)O)Nc1nc(-c2ccc(Oc3ccccc3)cc2)c(-c2ccccc2)s1. The van der Waals surface area contributed by atoms with Crippen LogP contribution in [0.5, 0.6) is 11.5 Å². The minimum absolute atomic E-state index is 0.0404. The molecule has 0 aliphatic rings. The summed E-state index contributed by atoms with van der Waals surface area (Å²) in [6.07, 6.45) is 0.0404. The minimum atomic E-state index is -0.824. The third kappa shape index (κ3) is 5.79. The predicted molar refractivity (Wildman–Crippen MR) is 134 cm³/mol. The van der Waals surface area contributed by atoms with Crippen LogP contribution in [-0.2, 0) is 4.79 Å². The summed E-state index contributed by atoms with van der Waals surface area (Å²) >= 11 is 1.54. The first-order valence-electron chi connectivity index (χ1n) is 10.9. The molecule has 0 amide bonds. The van der Waals surface area contributed by atoms with Crippen LogP contribution in [-0.4, -0.2) is 22.1 Å². The van der Waals surface area contributed by atoms with Crippen molar-refractivity contribution in [3.05, 3.63) is 84.9 Å². The number of hydrogen-bond acceptors (Lipinski definition) is 5. The quantitative estimate of drug-likeness (QED) is 0.278. The fourth-order valence-electron chi connectivity index (χ4n) is 3.47. The molecule has 6 heteroatoms. The van der Waals surface area contributed by atoms with Crippen LogP contribution in [0.4, 0.5) is 5.13 Å². The van der Waals surface area contributed by atoms with E-state index in [0.29, 0.717) is 5.13 Å². The minimum Gasteiger partial charge on any atom is -0.481 e. The molecule has 1 atom stereocenters. The number of hydrogen-bond donors (Lipinski definition) is 2. The van der Waals surface area contributed by atoms with E-state index in [9.17, 15) is 9.90 Å². The zero-order valence-corrected chi connectivity index (χ0v) is 19.4. The second-order valence-corrected chi connectivity index (χ2v) is 9.09. The molecule has 5 nitrogen and oxygen atoms in total. The second-order valence-electron chi connectivity index (χ2n) is 8.09. The standard InChI is InChI=1S/C27H26N2O3S/c1-18(2)23(17-24(30)31)28-27-29-25(26(33-27)20-9-5-3-6-10-20)19-13-15-22(16-14-19)32-21-11-7-4-8-12-21/h3-16,18,23H,17H2,1-2H3,(H,28,29)(H,30,31). The Bertz CT molecular complexity index is 1190. The van der Waals surface area contributed by atoms with Gasteiger partial charge >= 0.3 is 5.97 Å². The molecular formula is C27H26N2O3S. The zero-order valence-electron chi connectivity index (χ0n) is 18.6. The van der Waals surface area contributed by atoms with E-state index in [1.54, 1.807) is 11.3 Å². The lowest BCUT2D eigenvalue weighted by Gasteiger charge is -2.19. The van der Waals surface area contributed by atoms with E-state index < -0.39 is 5.97 Å². The average molecular weight is 459 g/mol. The number of aromatic nitrogens is 1. The second kappa shape index (κ2) is 10.3. The van der Waals surface area contributed by atoms with Gasteiger partial charge in [0.25, 0.3) is 0 Å². The Hall–Kier alpha value is -3.64. The smallest absolute Gasteiger partial charge is 0.305 e. The Labute approximate surface area is 197 Å². The number of nitrogens with zero attached hydrogens (tertiary/aromatic N) is 1. The van der Waals surface area contributed by atoms with Crippen molar-refractivity contribution in [2.45, 2.75) is 26.3 Å². The molecule has 0 radical (unpaired) electrons. The van der Waals surface area contributed by atoms with Crippen molar-refractivity contribution in [2.75, 3.05) is 5.32 Å². The number of para-hydroxylation sites is 1. The lowest BCUT2D eigenvalue weighted by molar-refractivity contribution is -0.137. The summed E-state index contributed by atoms with van der Waals surface area (Å²) in [6.45, 7) is 4.03. The highest BCUT2D eigenvalue weighted by molar-refractivity contribution is 7.19. The maximum atomic E-state index is 11.3. The molecule has 0 bridgehead atoms. The van der Waals surface area contributed by atoms with E-state index in [1.807, 2.05) is 86.6 Å². The number of aliphatic carboxylic acids is 1. The molecule has 0 spiro atoms. The van der Waals surface area contributed by atoms with Crippen LogP contribution in [0.25, 0.3) is 21.7 Å². The number of thiazole rings is 1. The molecule has 168 valence electrons. The molecule has 1 aromatic heterocycles. The van der Waals surface area contributed by atoms with Crippen molar-refractivity contribution in [1.82, 2.24) is 4.98 Å². The lowest BCUT2D eigenvalue weighted by Crippen LogP contribution is -2.28. The van der Waals surface area contributed by atoms with E-state index >= 15 is 0 Å². The van der Waals surface area contributed by atoms with E-state index in [1.165, 1.54) is 0 Å². The number of nitrogens with one attached hydrogen (secondary N) is 1. The number of rotatable bonds is 9. The van der Waals surface area contributed by atoms with Crippen molar-refractivity contribution in [2.24, 2.45) is 5.92 Å². The van der Waals surface area contributed by atoms with Crippen molar-refractivity contribution in [3.63, 3.8) is 0 Å². The Kier molecular flexibility index (Phi) is 7.05. The Morgan fingerprint density at radius 1 is 0.909 bits per heavy atom. The molecular weight excluding hydrogens is 432 g/mol. The summed E-state index contributed by atoms with van der Waals surface area (Å²) in [7, 11) is 0. The fraction of sp³-hybridized carbons (Fsp3) is 0.185. The van der Waals surface area contributed by atoms with E-state index in [4.69, 9.17) is 9.72 Å². The monoisotopic (exact) mass is 458 g/mol. The summed E-state index contributed by atoms with van der Waals surface area (Å²) in [5.41, 5.74) is 2.90. The highest BCUT2D eigenvalue weighted by Crippen LogP contribution is 2.40. The highest BCUT2D eigenvalue weighted by Gasteiger charge is 2.21. The van der Waals surface area contributed by atoms with Crippen molar-refractivity contribution in [3.8, 4) is 33.2 Å². The van der Waals surface area contributed by atoms with Gasteiger partial charge in [0.1, 0.15) is 11.5 Å². The largest absolute Gasteiger partial charge is 0.481 e. The van der Waals surface area contributed by atoms with Crippen LogP contribution in [0.15, 0.2) is 84.9 Å². The number of carboxylic acid groups (broad SMARTS) is 1. The van der Waals surface area contributed by atoms with Gasteiger partial charge in [-0.05, 0) is 47.9 Å². The van der Waals surface area contributed by atoms with Gasteiger partial charge in [0, 0.05) is 11.6 Å². The Balaban J connectivity index is 1.65. The molecule has 3 aromatic carbocycles. The first-order chi connectivity index (χ1) is 16.0. The van der Waals surface area contributed by atoms with Gasteiger partial charge in [0.2, 0.25) is 0 Å². The number of carbonyl (C=O) groups is 1. The molecule has 0 saturated carbocycles. The number of carboxylic acids is 1. The molecule has 0 aliphatic heterocycles. The maximum Gasteiger partial charge on any atom is 0.305 e. The summed E-state index contributed by atoms with van der Waals surface area (Å²) in [5.74, 6) is 0.868. The van der Waals surface area contributed by atoms with Gasteiger partial charge in [-0.1, -0.05) is 73.7 Å². The van der Waals surface area contributed by atoms with E-state index in [2.05, 4.69) is 17.4 Å². The summed E-state index contributed by atoms with van der Waals surface area (Å²) in [4.78, 5) is 17.2. The molecule has 2 N–H and O–H groups in total. The van der Waals surface area contributed by atoms with Crippen LogP contribution >= 0.6 is 11.3 Å². The van der Waals surface area contributed by atoms with Crippen LogP contribution in [0.2, 0.25) is 0 Å². The van der Waals surface area contributed by atoms with Crippen LogP contribution in [0, 0.1) is 5.92 Å². The average Bonchev–Trinajstić information content (AvgIpc) is 3.24. The van der Waals surface area contributed by atoms with E-state index in [0.717, 1.165) is 33.2 Å².